The molecule has 0 aliphatic carbocycles. The second-order valence-electron chi connectivity index (χ2n) is 4.29. The zero-order chi connectivity index (χ0) is 13.6. The van der Waals surface area contributed by atoms with E-state index in [2.05, 4.69) is 20.9 Å². The second-order valence-corrected chi connectivity index (χ2v) is 5.62. The molecule has 1 aromatic heterocycles. The van der Waals surface area contributed by atoms with Crippen molar-refractivity contribution in [1.82, 2.24) is 9.55 Å². The molecule has 1 N–H and O–H groups in total. The minimum absolute atomic E-state index is 0.0759. The topological polar surface area (TPSA) is 38.0 Å². The standard InChI is InChI=1S/C14H10BrClN2O/c1-18-12-4-3-9(15)7-11(12)17-14(18)8-2-5-13(19)10(16)6-8/h2-7,19H,1H3. The van der Waals surface area contributed by atoms with Gasteiger partial charge in [0.25, 0.3) is 0 Å². The first kappa shape index (κ1) is 12.5. The number of aromatic hydroxyl groups is 1. The maximum absolute atomic E-state index is 9.47. The quantitative estimate of drug-likeness (QED) is 0.716. The number of hydrogen-bond donors (Lipinski definition) is 1. The third kappa shape index (κ3) is 2.11. The molecule has 0 spiro atoms. The molecule has 0 amide bonds. The number of phenolic OH excluding ortho intramolecular Hbond substituents is 1. The summed E-state index contributed by atoms with van der Waals surface area (Å²) >= 11 is 9.39. The summed E-state index contributed by atoms with van der Waals surface area (Å²) in [5.74, 6) is 0.891. The summed E-state index contributed by atoms with van der Waals surface area (Å²) in [6.07, 6.45) is 0. The fourth-order valence-electron chi connectivity index (χ4n) is 2.08. The van der Waals surface area contributed by atoms with Crippen LogP contribution in [0.4, 0.5) is 0 Å². The van der Waals surface area contributed by atoms with Crippen LogP contribution >= 0.6 is 27.5 Å². The maximum Gasteiger partial charge on any atom is 0.140 e. The van der Waals surface area contributed by atoms with Crippen molar-refractivity contribution in [1.29, 1.82) is 0 Å². The minimum atomic E-state index is 0.0759. The van der Waals surface area contributed by atoms with Crippen molar-refractivity contribution >= 4 is 38.6 Å². The summed E-state index contributed by atoms with van der Waals surface area (Å²) in [5.41, 5.74) is 2.83. The van der Waals surface area contributed by atoms with Crippen LogP contribution in [0.5, 0.6) is 5.75 Å². The molecule has 0 aliphatic heterocycles. The Kier molecular flexibility index (Phi) is 2.99. The number of nitrogens with zero attached hydrogens (tertiary/aromatic N) is 2. The van der Waals surface area contributed by atoms with E-state index in [9.17, 15) is 5.11 Å². The SMILES string of the molecule is Cn1c(-c2ccc(O)c(Cl)c2)nc2cc(Br)ccc21. The predicted molar refractivity (Wildman–Crippen MR) is 80.5 cm³/mol. The molecule has 0 atom stereocenters. The largest absolute Gasteiger partial charge is 0.506 e. The molecule has 0 saturated heterocycles. The van der Waals surface area contributed by atoms with Gasteiger partial charge in [0.15, 0.2) is 0 Å². The van der Waals surface area contributed by atoms with Gasteiger partial charge in [-0.1, -0.05) is 27.5 Å². The Hall–Kier alpha value is -1.52. The maximum atomic E-state index is 9.47. The molecule has 2 aromatic carbocycles. The lowest BCUT2D eigenvalue weighted by Gasteiger charge is -2.04. The van der Waals surface area contributed by atoms with E-state index in [1.54, 1.807) is 18.2 Å². The van der Waals surface area contributed by atoms with Gasteiger partial charge in [0.2, 0.25) is 0 Å². The van der Waals surface area contributed by atoms with Crippen LogP contribution in [0.2, 0.25) is 5.02 Å². The van der Waals surface area contributed by atoms with Gasteiger partial charge in [0.1, 0.15) is 11.6 Å². The van der Waals surface area contributed by atoms with Gasteiger partial charge in [-0.15, -0.1) is 0 Å². The van der Waals surface area contributed by atoms with Crippen molar-refractivity contribution in [3.05, 3.63) is 45.9 Å². The summed E-state index contributed by atoms with van der Waals surface area (Å²) in [7, 11) is 1.96. The van der Waals surface area contributed by atoms with Gasteiger partial charge in [-0.05, 0) is 36.4 Å². The molecule has 19 heavy (non-hydrogen) atoms. The molecule has 3 aromatic rings. The van der Waals surface area contributed by atoms with E-state index in [-0.39, 0.29) is 5.75 Å². The molecule has 0 unspecified atom stereocenters. The van der Waals surface area contributed by atoms with Crippen LogP contribution in [0.25, 0.3) is 22.4 Å². The Morgan fingerprint density at radius 2 is 2.00 bits per heavy atom. The van der Waals surface area contributed by atoms with E-state index in [1.807, 2.05) is 29.8 Å². The lowest BCUT2D eigenvalue weighted by Crippen LogP contribution is -1.92. The molecular formula is C14H10BrClN2O. The van der Waals surface area contributed by atoms with Crippen LogP contribution in [-0.4, -0.2) is 14.7 Å². The van der Waals surface area contributed by atoms with Crippen molar-refractivity contribution in [3.63, 3.8) is 0 Å². The Morgan fingerprint density at radius 3 is 2.74 bits per heavy atom. The van der Waals surface area contributed by atoms with Gasteiger partial charge in [-0.25, -0.2) is 4.98 Å². The van der Waals surface area contributed by atoms with Gasteiger partial charge in [-0.3, -0.25) is 0 Å². The van der Waals surface area contributed by atoms with Gasteiger partial charge in [0, 0.05) is 17.1 Å². The average molecular weight is 338 g/mol. The van der Waals surface area contributed by atoms with Crippen molar-refractivity contribution in [3.8, 4) is 17.1 Å². The van der Waals surface area contributed by atoms with Crippen LogP contribution in [0.15, 0.2) is 40.9 Å². The van der Waals surface area contributed by atoms with Crippen molar-refractivity contribution in [2.24, 2.45) is 7.05 Å². The summed E-state index contributed by atoms with van der Waals surface area (Å²) in [4.78, 5) is 4.61. The number of aryl methyl sites for hydroxylation is 1. The van der Waals surface area contributed by atoms with Gasteiger partial charge >= 0.3 is 0 Å². The molecule has 3 nitrogen and oxygen atoms in total. The van der Waals surface area contributed by atoms with E-state index in [4.69, 9.17) is 11.6 Å². The highest BCUT2D eigenvalue weighted by molar-refractivity contribution is 9.10. The fraction of sp³-hybridized carbons (Fsp3) is 0.0714. The number of imidazole rings is 1. The lowest BCUT2D eigenvalue weighted by molar-refractivity contribution is 0.475. The Morgan fingerprint density at radius 1 is 1.21 bits per heavy atom. The fourth-order valence-corrected chi connectivity index (χ4v) is 2.61. The average Bonchev–Trinajstić information content (AvgIpc) is 2.70. The molecule has 5 heteroatoms. The van der Waals surface area contributed by atoms with Crippen molar-refractivity contribution in [2.75, 3.05) is 0 Å². The second kappa shape index (κ2) is 4.54. The van der Waals surface area contributed by atoms with Crippen LogP contribution < -0.4 is 0 Å². The van der Waals surface area contributed by atoms with E-state index in [0.29, 0.717) is 5.02 Å². The minimum Gasteiger partial charge on any atom is -0.506 e. The summed E-state index contributed by atoms with van der Waals surface area (Å²) in [5, 5.41) is 9.80. The Labute approximate surface area is 123 Å². The lowest BCUT2D eigenvalue weighted by atomic mass is 10.2. The zero-order valence-corrected chi connectivity index (χ0v) is 12.4. The number of phenols is 1. The first-order chi connectivity index (χ1) is 9.06. The Balaban J connectivity index is 2.24. The van der Waals surface area contributed by atoms with Gasteiger partial charge in [0.05, 0.1) is 16.1 Å². The van der Waals surface area contributed by atoms with Gasteiger partial charge < -0.3 is 9.67 Å². The molecule has 0 radical (unpaired) electrons. The molecular weight excluding hydrogens is 328 g/mol. The highest BCUT2D eigenvalue weighted by atomic mass is 79.9. The monoisotopic (exact) mass is 336 g/mol. The number of aromatic nitrogens is 2. The van der Waals surface area contributed by atoms with Crippen LogP contribution in [0, 0.1) is 0 Å². The third-order valence-electron chi connectivity index (χ3n) is 3.05. The van der Waals surface area contributed by atoms with E-state index >= 15 is 0 Å². The zero-order valence-electron chi connectivity index (χ0n) is 10.1. The molecule has 0 fully saturated rings. The van der Waals surface area contributed by atoms with Crippen LogP contribution in [-0.2, 0) is 7.05 Å². The molecule has 0 bridgehead atoms. The predicted octanol–water partition coefficient (Wildman–Crippen LogP) is 4.36. The van der Waals surface area contributed by atoms with Crippen molar-refractivity contribution in [2.45, 2.75) is 0 Å². The molecule has 96 valence electrons. The first-order valence-corrected chi connectivity index (χ1v) is 6.84. The van der Waals surface area contributed by atoms with E-state index in [1.165, 1.54) is 0 Å². The smallest absolute Gasteiger partial charge is 0.140 e. The highest BCUT2D eigenvalue weighted by Gasteiger charge is 2.11. The summed E-state index contributed by atoms with van der Waals surface area (Å²) in [6.45, 7) is 0. The number of hydrogen-bond acceptors (Lipinski definition) is 2. The number of fused-ring (bicyclic) bond motifs is 1. The Bertz CT molecular complexity index is 782. The van der Waals surface area contributed by atoms with E-state index in [0.717, 1.165) is 26.9 Å². The highest BCUT2D eigenvalue weighted by Crippen LogP contribution is 2.31. The number of halogens is 2. The third-order valence-corrected chi connectivity index (χ3v) is 3.84. The molecule has 3 rings (SSSR count). The van der Waals surface area contributed by atoms with Crippen molar-refractivity contribution < 1.29 is 5.11 Å². The normalized spacial score (nSPS) is 11.1. The van der Waals surface area contributed by atoms with Crippen LogP contribution in [0.1, 0.15) is 0 Å². The first-order valence-electron chi connectivity index (χ1n) is 5.67. The molecule has 0 aliphatic rings. The summed E-state index contributed by atoms with van der Waals surface area (Å²) < 4.78 is 3.00. The summed E-state index contributed by atoms with van der Waals surface area (Å²) in [6, 6.07) is 11.1. The van der Waals surface area contributed by atoms with Crippen LogP contribution in [0.3, 0.4) is 0 Å². The number of benzene rings is 2. The number of rotatable bonds is 1. The van der Waals surface area contributed by atoms with Gasteiger partial charge in [-0.2, -0.15) is 0 Å². The molecule has 1 heterocycles. The van der Waals surface area contributed by atoms with E-state index < -0.39 is 0 Å². The molecule has 0 saturated carbocycles.